The van der Waals surface area contributed by atoms with Crippen molar-refractivity contribution in [3.63, 3.8) is 0 Å². The van der Waals surface area contributed by atoms with Crippen molar-refractivity contribution in [1.29, 1.82) is 0 Å². The van der Waals surface area contributed by atoms with Crippen LogP contribution in [-0.4, -0.2) is 37.9 Å². The second-order valence-electron chi connectivity index (χ2n) is 7.59. The standard InChI is InChI=1S/C23H33NO5/c1-4-27-23(26)24-13-14-28-20-11-9-18(10-12-20)16-19-7-5-6-8-21(19)29-22(25)15-17(2)3/h9-12,15,19,21H,4-8,13-14,16H2,1-3H3,(H,24,26)/t19-,21-/m1/s1. The van der Waals surface area contributed by atoms with Crippen LogP contribution in [0.1, 0.15) is 52.0 Å². The van der Waals surface area contributed by atoms with Crippen molar-refractivity contribution in [2.24, 2.45) is 5.92 Å². The Balaban J connectivity index is 1.81. The molecule has 2 rings (SSSR count). The summed E-state index contributed by atoms with van der Waals surface area (Å²) in [5.74, 6) is 0.871. The molecule has 160 valence electrons. The smallest absolute Gasteiger partial charge is 0.407 e. The van der Waals surface area contributed by atoms with Gasteiger partial charge in [0.05, 0.1) is 13.2 Å². The molecule has 1 aromatic carbocycles. The van der Waals surface area contributed by atoms with Gasteiger partial charge in [-0.3, -0.25) is 0 Å². The number of carbonyl (C=O) groups excluding carboxylic acids is 2. The molecule has 6 heteroatoms. The van der Waals surface area contributed by atoms with Gasteiger partial charge in [0.2, 0.25) is 0 Å². The largest absolute Gasteiger partial charge is 0.492 e. The molecule has 0 unspecified atom stereocenters. The Kier molecular flexibility index (Phi) is 9.54. The number of hydrogen-bond donors (Lipinski definition) is 1. The number of ether oxygens (including phenoxy) is 3. The summed E-state index contributed by atoms with van der Waals surface area (Å²) in [5.41, 5.74) is 2.16. The summed E-state index contributed by atoms with van der Waals surface area (Å²) in [6, 6.07) is 7.98. The van der Waals surface area contributed by atoms with E-state index in [9.17, 15) is 9.59 Å². The van der Waals surface area contributed by atoms with Gasteiger partial charge in [-0.1, -0.05) is 24.1 Å². The Morgan fingerprint density at radius 1 is 1.14 bits per heavy atom. The lowest BCUT2D eigenvalue weighted by Gasteiger charge is -2.31. The minimum absolute atomic E-state index is 0.0169. The quantitative estimate of drug-likeness (QED) is 0.375. The number of rotatable bonds is 9. The highest BCUT2D eigenvalue weighted by Gasteiger charge is 2.28. The second kappa shape index (κ2) is 12.1. The van der Waals surface area contributed by atoms with E-state index >= 15 is 0 Å². The zero-order valence-electron chi connectivity index (χ0n) is 17.7. The number of hydrogen-bond acceptors (Lipinski definition) is 5. The van der Waals surface area contributed by atoms with Crippen LogP contribution in [0.15, 0.2) is 35.9 Å². The zero-order chi connectivity index (χ0) is 21.1. The SMILES string of the molecule is CCOC(=O)NCCOc1ccc(C[C@H]2CCCC[C@H]2OC(=O)C=C(C)C)cc1. The van der Waals surface area contributed by atoms with Crippen LogP contribution < -0.4 is 10.1 Å². The summed E-state index contributed by atoms with van der Waals surface area (Å²) in [5, 5.41) is 2.62. The van der Waals surface area contributed by atoms with E-state index in [2.05, 4.69) is 17.4 Å². The van der Waals surface area contributed by atoms with Crippen LogP contribution in [0.2, 0.25) is 0 Å². The summed E-state index contributed by atoms with van der Waals surface area (Å²) in [7, 11) is 0. The average molecular weight is 404 g/mol. The normalized spacial score (nSPS) is 18.4. The van der Waals surface area contributed by atoms with Gasteiger partial charge in [0, 0.05) is 6.08 Å². The van der Waals surface area contributed by atoms with Crippen molar-refractivity contribution in [2.75, 3.05) is 19.8 Å². The fourth-order valence-corrected chi connectivity index (χ4v) is 3.51. The molecule has 2 atom stereocenters. The number of allylic oxidation sites excluding steroid dienone is 1. The predicted octanol–water partition coefficient (Wildman–Crippen LogP) is 4.42. The van der Waals surface area contributed by atoms with E-state index in [1.165, 1.54) is 12.0 Å². The molecule has 0 heterocycles. The van der Waals surface area contributed by atoms with Gasteiger partial charge in [0.25, 0.3) is 0 Å². The first kappa shape index (κ1) is 22.8. The molecule has 1 N–H and O–H groups in total. The number of alkyl carbamates (subject to hydrolysis) is 1. The predicted molar refractivity (Wildman–Crippen MR) is 112 cm³/mol. The summed E-state index contributed by atoms with van der Waals surface area (Å²) in [6.45, 7) is 6.68. The van der Waals surface area contributed by atoms with Crippen LogP contribution in [0, 0.1) is 5.92 Å². The molecule has 0 radical (unpaired) electrons. The molecular formula is C23H33NO5. The van der Waals surface area contributed by atoms with E-state index in [0.29, 0.717) is 25.7 Å². The molecule has 1 aliphatic carbocycles. The fourth-order valence-electron chi connectivity index (χ4n) is 3.51. The molecule has 1 aliphatic rings. The fraction of sp³-hybridized carbons (Fsp3) is 0.565. The van der Waals surface area contributed by atoms with Gasteiger partial charge < -0.3 is 19.5 Å². The van der Waals surface area contributed by atoms with Crippen molar-refractivity contribution in [2.45, 2.75) is 59.0 Å². The third kappa shape index (κ3) is 8.59. The number of amides is 1. The van der Waals surface area contributed by atoms with Crippen molar-refractivity contribution in [3.8, 4) is 5.75 Å². The molecule has 0 saturated heterocycles. The van der Waals surface area contributed by atoms with Crippen LogP contribution in [0.4, 0.5) is 4.79 Å². The monoisotopic (exact) mass is 403 g/mol. The van der Waals surface area contributed by atoms with Gasteiger partial charge in [-0.2, -0.15) is 0 Å². The Morgan fingerprint density at radius 3 is 2.55 bits per heavy atom. The second-order valence-corrected chi connectivity index (χ2v) is 7.59. The maximum absolute atomic E-state index is 12.0. The Hall–Kier alpha value is -2.50. The lowest BCUT2D eigenvalue weighted by Crippen LogP contribution is -2.31. The maximum Gasteiger partial charge on any atom is 0.407 e. The van der Waals surface area contributed by atoms with Crippen LogP contribution in [0.25, 0.3) is 0 Å². The van der Waals surface area contributed by atoms with E-state index in [1.807, 2.05) is 26.0 Å². The molecule has 0 bridgehead atoms. The molecule has 1 amide bonds. The molecular weight excluding hydrogens is 370 g/mol. The van der Waals surface area contributed by atoms with Crippen LogP contribution in [0.3, 0.4) is 0 Å². The van der Waals surface area contributed by atoms with Crippen molar-refractivity contribution < 1.29 is 23.8 Å². The Morgan fingerprint density at radius 2 is 1.86 bits per heavy atom. The minimum Gasteiger partial charge on any atom is -0.492 e. The number of benzene rings is 1. The first-order valence-corrected chi connectivity index (χ1v) is 10.5. The summed E-state index contributed by atoms with van der Waals surface area (Å²) in [6.07, 6.45) is 6.29. The maximum atomic E-state index is 12.0. The van der Waals surface area contributed by atoms with Gasteiger partial charge in [0.15, 0.2) is 0 Å². The van der Waals surface area contributed by atoms with E-state index in [1.54, 1.807) is 13.0 Å². The first-order chi connectivity index (χ1) is 14.0. The molecule has 6 nitrogen and oxygen atoms in total. The van der Waals surface area contributed by atoms with Crippen molar-refractivity contribution in [1.82, 2.24) is 5.32 Å². The van der Waals surface area contributed by atoms with Gasteiger partial charge in [-0.25, -0.2) is 9.59 Å². The molecule has 0 spiro atoms. The average Bonchev–Trinajstić information content (AvgIpc) is 2.67. The Bertz CT molecular complexity index is 679. The van der Waals surface area contributed by atoms with E-state index in [-0.39, 0.29) is 12.1 Å². The molecule has 0 aromatic heterocycles. The zero-order valence-corrected chi connectivity index (χ0v) is 17.7. The molecule has 0 aliphatic heterocycles. The van der Waals surface area contributed by atoms with Crippen molar-refractivity contribution >= 4 is 12.1 Å². The van der Waals surface area contributed by atoms with Crippen LogP contribution in [0.5, 0.6) is 5.75 Å². The van der Waals surface area contributed by atoms with E-state index < -0.39 is 6.09 Å². The van der Waals surface area contributed by atoms with Crippen LogP contribution in [-0.2, 0) is 20.7 Å². The highest BCUT2D eigenvalue weighted by Crippen LogP contribution is 2.30. The highest BCUT2D eigenvalue weighted by molar-refractivity contribution is 5.82. The highest BCUT2D eigenvalue weighted by atomic mass is 16.5. The molecule has 1 saturated carbocycles. The topological polar surface area (TPSA) is 73.9 Å². The third-order valence-corrected chi connectivity index (χ3v) is 4.85. The van der Waals surface area contributed by atoms with Crippen molar-refractivity contribution in [3.05, 3.63) is 41.5 Å². The molecule has 29 heavy (non-hydrogen) atoms. The Labute approximate surface area is 173 Å². The first-order valence-electron chi connectivity index (χ1n) is 10.5. The van der Waals surface area contributed by atoms with Gasteiger partial charge in [-0.15, -0.1) is 0 Å². The van der Waals surface area contributed by atoms with E-state index in [4.69, 9.17) is 14.2 Å². The number of nitrogens with one attached hydrogen (secondary N) is 1. The summed E-state index contributed by atoms with van der Waals surface area (Å²) >= 11 is 0. The number of carbonyl (C=O) groups is 2. The molecule has 1 aromatic rings. The third-order valence-electron chi connectivity index (χ3n) is 4.85. The number of esters is 1. The van der Waals surface area contributed by atoms with Gasteiger partial charge in [0.1, 0.15) is 18.5 Å². The van der Waals surface area contributed by atoms with E-state index in [0.717, 1.165) is 37.0 Å². The molecule has 1 fully saturated rings. The van der Waals surface area contributed by atoms with Crippen LogP contribution >= 0.6 is 0 Å². The van der Waals surface area contributed by atoms with Gasteiger partial charge in [-0.05, 0) is 70.1 Å². The van der Waals surface area contributed by atoms with Gasteiger partial charge >= 0.3 is 12.1 Å². The summed E-state index contributed by atoms with van der Waals surface area (Å²) in [4.78, 5) is 23.2. The minimum atomic E-state index is -0.432. The lowest BCUT2D eigenvalue weighted by atomic mass is 9.82. The lowest BCUT2D eigenvalue weighted by molar-refractivity contribution is -0.147. The summed E-state index contributed by atoms with van der Waals surface area (Å²) < 4.78 is 16.2.